The minimum absolute atomic E-state index is 0. The van der Waals surface area contributed by atoms with Crippen LogP contribution in [0, 0.1) is 5.92 Å². The van der Waals surface area contributed by atoms with Crippen molar-refractivity contribution in [2.45, 2.75) is 46.0 Å². The van der Waals surface area contributed by atoms with E-state index in [9.17, 15) is 0 Å². The maximum Gasteiger partial charge on any atom is 0.190 e. The molecule has 120 valence electrons. The summed E-state index contributed by atoms with van der Waals surface area (Å²) in [5, 5.41) is 6.85. The van der Waals surface area contributed by atoms with Gasteiger partial charge in [0.25, 0.3) is 0 Å². The first kappa shape index (κ1) is 20.0. The van der Waals surface area contributed by atoms with Crippen LogP contribution in [-0.4, -0.2) is 50.6 Å². The molecular formula is C15H33IN4. The maximum atomic E-state index is 4.28. The molecule has 1 atom stereocenters. The SMILES string of the molecule is CCCCCNC(=NC)NCC1CCN(CCC)C1.I. The van der Waals surface area contributed by atoms with E-state index in [0.29, 0.717) is 0 Å². The van der Waals surface area contributed by atoms with Crippen molar-refractivity contribution in [3.63, 3.8) is 0 Å². The second-order valence-electron chi connectivity index (χ2n) is 5.54. The van der Waals surface area contributed by atoms with Crippen molar-refractivity contribution in [3.05, 3.63) is 0 Å². The molecule has 0 spiro atoms. The molecule has 5 heteroatoms. The predicted molar refractivity (Wildman–Crippen MR) is 99.1 cm³/mol. The Balaban J connectivity index is 0.00000361. The molecule has 1 saturated heterocycles. The van der Waals surface area contributed by atoms with Crippen LogP contribution in [0.25, 0.3) is 0 Å². The van der Waals surface area contributed by atoms with Gasteiger partial charge in [0.2, 0.25) is 0 Å². The molecule has 0 bridgehead atoms. The molecule has 1 fully saturated rings. The van der Waals surface area contributed by atoms with Gasteiger partial charge in [-0.15, -0.1) is 24.0 Å². The fourth-order valence-corrected chi connectivity index (χ4v) is 2.64. The van der Waals surface area contributed by atoms with E-state index in [1.54, 1.807) is 0 Å². The van der Waals surface area contributed by atoms with Gasteiger partial charge >= 0.3 is 0 Å². The van der Waals surface area contributed by atoms with Gasteiger partial charge in [-0.1, -0.05) is 26.7 Å². The highest BCUT2D eigenvalue weighted by Crippen LogP contribution is 2.15. The van der Waals surface area contributed by atoms with Crippen LogP contribution in [0.5, 0.6) is 0 Å². The van der Waals surface area contributed by atoms with E-state index in [4.69, 9.17) is 0 Å². The standard InChI is InChI=1S/C15H32N4.HI/c1-4-6-7-9-17-15(16-3)18-12-14-8-11-19(13-14)10-5-2;/h14H,4-13H2,1-3H3,(H2,16,17,18);1H. The summed E-state index contributed by atoms with van der Waals surface area (Å²) >= 11 is 0. The van der Waals surface area contributed by atoms with Crippen LogP contribution in [0.2, 0.25) is 0 Å². The first-order chi connectivity index (χ1) is 9.30. The fourth-order valence-electron chi connectivity index (χ4n) is 2.64. The van der Waals surface area contributed by atoms with Crippen LogP contribution in [0.1, 0.15) is 46.0 Å². The third-order valence-corrected chi connectivity index (χ3v) is 3.76. The van der Waals surface area contributed by atoms with Crippen molar-refractivity contribution in [1.82, 2.24) is 15.5 Å². The van der Waals surface area contributed by atoms with E-state index in [-0.39, 0.29) is 24.0 Å². The zero-order valence-electron chi connectivity index (χ0n) is 13.5. The van der Waals surface area contributed by atoms with Gasteiger partial charge in [-0.3, -0.25) is 4.99 Å². The van der Waals surface area contributed by atoms with Crippen molar-refractivity contribution >= 4 is 29.9 Å². The van der Waals surface area contributed by atoms with E-state index in [2.05, 4.69) is 34.4 Å². The normalized spacial score (nSPS) is 19.8. The lowest BCUT2D eigenvalue weighted by atomic mass is 10.1. The van der Waals surface area contributed by atoms with Gasteiger partial charge in [-0.2, -0.15) is 0 Å². The molecule has 2 N–H and O–H groups in total. The molecule has 1 unspecified atom stereocenters. The molecule has 0 aromatic heterocycles. The number of aliphatic imine (C=N–C) groups is 1. The zero-order chi connectivity index (χ0) is 13.9. The van der Waals surface area contributed by atoms with Gasteiger partial charge < -0.3 is 15.5 Å². The van der Waals surface area contributed by atoms with E-state index in [1.165, 1.54) is 51.7 Å². The lowest BCUT2D eigenvalue weighted by molar-refractivity contribution is 0.324. The van der Waals surface area contributed by atoms with Crippen molar-refractivity contribution in [3.8, 4) is 0 Å². The Labute approximate surface area is 142 Å². The lowest BCUT2D eigenvalue weighted by Gasteiger charge is -2.17. The molecule has 1 rings (SSSR count). The smallest absolute Gasteiger partial charge is 0.190 e. The Hall–Kier alpha value is -0.0400. The van der Waals surface area contributed by atoms with Crippen molar-refractivity contribution < 1.29 is 0 Å². The summed E-state index contributed by atoms with van der Waals surface area (Å²) < 4.78 is 0. The summed E-state index contributed by atoms with van der Waals surface area (Å²) in [5.74, 6) is 1.74. The number of guanidine groups is 1. The quantitative estimate of drug-likeness (QED) is 0.287. The molecule has 1 aliphatic rings. The first-order valence-electron chi connectivity index (χ1n) is 7.97. The fraction of sp³-hybridized carbons (Fsp3) is 0.933. The van der Waals surface area contributed by atoms with Crippen LogP contribution in [-0.2, 0) is 0 Å². The molecule has 0 radical (unpaired) electrons. The second-order valence-corrected chi connectivity index (χ2v) is 5.54. The summed E-state index contributed by atoms with van der Waals surface area (Å²) in [5.41, 5.74) is 0. The van der Waals surface area contributed by atoms with E-state index in [0.717, 1.165) is 25.0 Å². The number of hydrogen-bond acceptors (Lipinski definition) is 2. The number of hydrogen-bond donors (Lipinski definition) is 2. The van der Waals surface area contributed by atoms with Gasteiger partial charge in [0.1, 0.15) is 0 Å². The number of likely N-dealkylation sites (tertiary alicyclic amines) is 1. The van der Waals surface area contributed by atoms with Crippen LogP contribution in [0.4, 0.5) is 0 Å². The first-order valence-corrected chi connectivity index (χ1v) is 7.97. The Morgan fingerprint density at radius 2 is 2.00 bits per heavy atom. The number of nitrogens with zero attached hydrogens (tertiary/aromatic N) is 2. The third kappa shape index (κ3) is 8.29. The highest BCUT2D eigenvalue weighted by atomic mass is 127. The summed E-state index contributed by atoms with van der Waals surface area (Å²) in [4.78, 5) is 6.86. The molecule has 0 aliphatic carbocycles. The molecule has 0 aromatic carbocycles. The average molecular weight is 396 g/mol. The highest BCUT2D eigenvalue weighted by molar-refractivity contribution is 14.0. The van der Waals surface area contributed by atoms with E-state index < -0.39 is 0 Å². The number of unbranched alkanes of at least 4 members (excludes halogenated alkanes) is 2. The zero-order valence-corrected chi connectivity index (χ0v) is 15.8. The molecule has 4 nitrogen and oxygen atoms in total. The number of rotatable bonds is 8. The Morgan fingerprint density at radius 1 is 1.20 bits per heavy atom. The molecule has 0 saturated carbocycles. The molecule has 0 aromatic rings. The Kier molecular flexibility index (Phi) is 12.7. The Morgan fingerprint density at radius 3 is 2.65 bits per heavy atom. The second kappa shape index (κ2) is 12.7. The van der Waals surface area contributed by atoms with Crippen LogP contribution in [0.15, 0.2) is 4.99 Å². The summed E-state index contributed by atoms with van der Waals surface area (Å²) in [7, 11) is 1.85. The molecule has 1 heterocycles. The average Bonchev–Trinajstić information content (AvgIpc) is 2.86. The van der Waals surface area contributed by atoms with E-state index >= 15 is 0 Å². The Bertz CT molecular complexity index is 258. The summed E-state index contributed by atoms with van der Waals surface area (Å²) in [6.45, 7) is 10.3. The van der Waals surface area contributed by atoms with Crippen LogP contribution < -0.4 is 10.6 Å². The van der Waals surface area contributed by atoms with Gasteiger partial charge in [0.15, 0.2) is 5.96 Å². The molecule has 1 aliphatic heterocycles. The molecule has 20 heavy (non-hydrogen) atoms. The van der Waals surface area contributed by atoms with Crippen molar-refractivity contribution in [2.75, 3.05) is 39.8 Å². The van der Waals surface area contributed by atoms with Gasteiger partial charge in [-0.05, 0) is 38.3 Å². The topological polar surface area (TPSA) is 39.7 Å². The minimum atomic E-state index is 0. The third-order valence-electron chi connectivity index (χ3n) is 3.76. The highest BCUT2D eigenvalue weighted by Gasteiger charge is 2.21. The van der Waals surface area contributed by atoms with E-state index in [1.807, 2.05) is 7.05 Å². The lowest BCUT2D eigenvalue weighted by Crippen LogP contribution is -2.40. The number of halogens is 1. The van der Waals surface area contributed by atoms with Crippen molar-refractivity contribution in [2.24, 2.45) is 10.9 Å². The van der Waals surface area contributed by atoms with Gasteiger partial charge in [0.05, 0.1) is 0 Å². The number of nitrogens with one attached hydrogen (secondary N) is 2. The largest absolute Gasteiger partial charge is 0.356 e. The monoisotopic (exact) mass is 396 g/mol. The molecule has 0 amide bonds. The van der Waals surface area contributed by atoms with Crippen molar-refractivity contribution in [1.29, 1.82) is 0 Å². The molecular weight excluding hydrogens is 363 g/mol. The summed E-state index contributed by atoms with van der Waals surface area (Å²) in [6.07, 6.45) is 6.37. The van der Waals surface area contributed by atoms with Gasteiger partial charge in [0, 0.05) is 26.7 Å². The van der Waals surface area contributed by atoms with Crippen LogP contribution >= 0.6 is 24.0 Å². The minimum Gasteiger partial charge on any atom is -0.356 e. The van der Waals surface area contributed by atoms with Gasteiger partial charge in [-0.25, -0.2) is 0 Å². The predicted octanol–water partition coefficient (Wildman–Crippen LogP) is 2.69. The summed E-state index contributed by atoms with van der Waals surface area (Å²) in [6, 6.07) is 0. The maximum absolute atomic E-state index is 4.28. The van der Waals surface area contributed by atoms with Crippen LogP contribution in [0.3, 0.4) is 0 Å².